The molecule has 10 rings (SSSR count). The predicted octanol–water partition coefficient (Wildman–Crippen LogP) is 12.5. The van der Waals surface area contributed by atoms with E-state index in [-0.39, 0.29) is 0 Å². The van der Waals surface area contributed by atoms with Gasteiger partial charge in [0.1, 0.15) is 0 Å². The quantitative estimate of drug-likeness (QED) is 0.147. The summed E-state index contributed by atoms with van der Waals surface area (Å²) in [6.07, 6.45) is 0. The van der Waals surface area contributed by atoms with E-state index in [1.54, 1.807) is 0 Å². The maximum atomic E-state index is 2.37. The highest BCUT2D eigenvalue weighted by molar-refractivity contribution is 6.29. The fourth-order valence-corrected chi connectivity index (χ4v) is 7.53. The summed E-state index contributed by atoms with van der Waals surface area (Å²) in [5, 5.41) is 18.3. The maximum absolute atomic E-state index is 2.37. The molecule has 10 aromatic rings. The lowest BCUT2D eigenvalue weighted by atomic mass is 9.89. The van der Waals surface area contributed by atoms with Gasteiger partial charge in [-0.25, -0.2) is 0 Å². The summed E-state index contributed by atoms with van der Waals surface area (Å²) in [7, 11) is 0. The molecule has 0 aliphatic carbocycles. The molecule has 0 aliphatic heterocycles. The Bertz CT molecular complexity index is 2740. The third-order valence-electron chi connectivity index (χ3n) is 9.69. The van der Waals surface area contributed by atoms with Crippen LogP contribution in [-0.4, -0.2) is 0 Å². The predicted molar refractivity (Wildman–Crippen MR) is 191 cm³/mol. The smallest absolute Gasteiger partial charge is 0.00203 e. The van der Waals surface area contributed by atoms with Crippen LogP contribution in [0, 0.1) is 0 Å². The first kappa shape index (κ1) is 23.8. The van der Waals surface area contributed by atoms with E-state index in [1.165, 1.54) is 97.7 Å². The van der Waals surface area contributed by atoms with E-state index in [2.05, 4.69) is 158 Å². The van der Waals surface area contributed by atoms with Crippen LogP contribution in [0.2, 0.25) is 0 Å². The fraction of sp³-hybridized carbons (Fsp3) is 0. The highest BCUT2D eigenvalue weighted by Gasteiger charge is 2.13. The van der Waals surface area contributed by atoms with Crippen molar-refractivity contribution in [1.82, 2.24) is 0 Å². The van der Waals surface area contributed by atoms with Crippen LogP contribution < -0.4 is 0 Å². The Morgan fingerprint density at radius 3 is 1.43 bits per heavy atom. The second-order valence-corrected chi connectivity index (χ2v) is 12.2. The first-order valence-electron chi connectivity index (χ1n) is 15.3. The van der Waals surface area contributed by atoms with Crippen molar-refractivity contribution in [2.75, 3.05) is 0 Å². The van der Waals surface area contributed by atoms with Crippen molar-refractivity contribution in [3.8, 4) is 22.3 Å². The highest BCUT2D eigenvalue weighted by atomic mass is 14.2. The van der Waals surface area contributed by atoms with E-state index in [0.717, 1.165) is 0 Å². The van der Waals surface area contributed by atoms with E-state index in [0.29, 0.717) is 0 Å². The summed E-state index contributed by atoms with van der Waals surface area (Å²) < 4.78 is 0. The molecule has 0 fully saturated rings. The molecule has 0 heterocycles. The average molecular weight is 555 g/mol. The molecular weight excluding hydrogens is 528 g/mol. The van der Waals surface area contributed by atoms with Crippen LogP contribution in [-0.2, 0) is 0 Å². The molecule has 0 heteroatoms. The Kier molecular flexibility index (Phi) is 4.81. The molecule has 202 valence electrons. The molecule has 0 N–H and O–H groups in total. The van der Waals surface area contributed by atoms with E-state index in [1.807, 2.05) is 0 Å². The third kappa shape index (κ3) is 3.46. The van der Waals surface area contributed by atoms with Crippen LogP contribution in [0.25, 0.3) is 97.7 Å². The summed E-state index contributed by atoms with van der Waals surface area (Å²) >= 11 is 0. The SMILES string of the molecule is c1ccc2c(c1)ccc1ccc(-c3ccc4ccc(-c5cc6ccc7cc8ccccc8c8ccc(c5)c6c78)cc4c3)cc12. The minimum atomic E-state index is 1.24. The first-order valence-corrected chi connectivity index (χ1v) is 15.3. The lowest BCUT2D eigenvalue weighted by Gasteiger charge is -2.15. The molecular formula is C44H26. The number of benzene rings is 10. The molecule has 0 saturated carbocycles. The Morgan fingerprint density at radius 1 is 0.205 bits per heavy atom. The average Bonchev–Trinajstić information content (AvgIpc) is 3.09. The van der Waals surface area contributed by atoms with Crippen molar-refractivity contribution in [3.63, 3.8) is 0 Å². The van der Waals surface area contributed by atoms with Gasteiger partial charge in [0.05, 0.1) is 0 Å². The molecule has 0 aromatic heterocycles. The van der Waals surface area contributed by atoms with Crippen molar-refractivity contribution in [2.24, 2.45) is 0 Å². The lowest BCUT2D eigenvalue weighted by molar-refractivity contribution is 1.66. The minimum absolute atomic E-state index is 1.24. The Hall–Kier alpha value is -5.72. The van der Waals surface area contributed by atoms with Crippen LogP contribution in [0.1, 0.15) is 0 Å². The van der Waals surface area contributed by atoms with Gasteiger partial charge in [0.2, 0.25) is 0 Å². The monoisotopic (exact) mass is 554 g/mol. The second-order valence-electron chi connectivity index (χ2n) is 12.2. The summed E-state index contributed by atoms with van der Waals surface area (Å²) in [6.45, 7) is 0. The number of hydrogen-bond donors (Lipinski definition) is 0. The Labute approximate surface area is 254 Å². The molecule has 10 aromatic carbocycles. The summed E-state index contributed by atoms with van der Waals surface area (Å²) in [4.78, 5) is 0. The van der Waals surface area contributed by atoms with Crippen LogP contribution >= 0.6 is 0 Å². The normalized spacial score (nSPS) is 12.1. The van der Waals surface area contributed by atoms with Gasteiger partial charge in [-0.2, -0.15) is 0 Å². The first-order chi connectivity index (χ1) is 21.8. The fourth-order valence-electron chi connectivity index (χ4n) is 7.53. The maximum Gasteiger partial charge on any atom is -0.00203 e. The third-order valence-corrected chi connectivity index (χ3v) is 9.69. The van der Waals surface area contributed by atoms with Gasteiger partial charge in [-0.1, -0.05) is 121 Å². The summed E-state index contributed by atoms with van der Waals surface area (Å²) in [5.74, 6) is 0. The summed E-state index contributed by atoms with van der Waals surface area (Å²) in [5.41, 5.74) is 4.99. The van der Waals surface area contributed by atoms with Crippen molar-refractivity contribution >= 4 is 75.4 Å². The van der Waals surface area contributed by atoms with Crippen LogP contribution in [0.3, 0.4) is 0 Å². The zero-order valence-electron chi connectivity index (χ0n) is 24.0. The van der Waals surface area contributed by atoms with Gasteiger partial charge < -0.3 is 0 Å². The number of rotatable bonds is 2. The van der Waals surface area contributed by atoms with Gasteiger partial charge in [-0.15, -0.1) is 0 Å². The van der Waals surface area contributed by atoms with Gasteiger partial charge in [0.25, 0.3) is 0 Å². The van der Waals surface area contributed by atoms with Gasteiger partial charge in [-0.3, -0.25) is 0 Å². The van der Waals surface area contributed by atoms with Crippen LogP contribution in [0.5, 0.6) is 0 Å². The minimum Gasteiger partial charge on any atom is -0.0616 e. The standard InChI is InChI=1S/C44H26/c1-3-7-39-28(5-1)11-12-29-13-16-32(26-42(29)39)30-14-9-27-10-15-31(22-37(27)21-30)38-24-34-17-18-36-23-33-6-2-4-8-40(33)41-20-19-35(25-38)43(34)44(36)41/h1-26H. The molecule has 0 saturated heterocycles. The van der Waals surface area contributed by atoms with Gasteiger partial charge >= 0.3 is 0 Å². The van der Waals surface area contributed by atoms with E-state index >= 15 is 0 Å². The molecule has 0 amide bonds. The molecule has 0 bridgehead atoms. The number of fused-ring (bicyclic) bond motifs is 6. The highest BCUT2D eigenvalue weighted by Crippen LogP contribution is 2.41. The second kappa shape index (κ2) is 8.89. The molecule has 44 heavy (non-hydrogen) atoms. The van der Waals surface area contributed by atoms with Crippen LogP contribution in [0.15, 0.2) is 158 Å². The van der Waals surface area contributed by atoms with Gasteiger partial charge in [0.15, 0.2) is 0 Å². The largest absolute Gasteiger partial charge is 0.0616 e. The molecule has 0 nitrogen and oxygen atoms in total. The van der Waals surface area contributed by atoms with Gasteiger partial charge in [0, 0.05) is 0 Å². The van der Waals surface area contributed by atoms with E-state index < -0.39 is 0 Å². The zero-order chi connectivity index (χ0) is 28.8. The van der Waals surface area contributed by atoms with Crippen molar-refractivity contribution in [1.29, 1.82) is 0 Å². The Morgan fingerprint density at radius 2 is 0.682 bits per heavy atom. The molecule has 0 spiro atoms. The van der Waals surface area contributed by atoms with Gasteiger partial charge in [-0.05, 0) is 134 Å². The lowest BCUT2D eigenvalue weighted by Crippen LogP contribution is -1.88. The zero-order valence-corrected chi connectivity index (χ0v) is 24.0. The molecule has 0 atom stereocenters. The van der Waals surface area contributed by atoms with Crippen LogP contribution in [0.4, 0.5) is 0 Å². The van der Waals surface area contributed by atoms with E-state index in [4.69, 9.17) is 0 Å². The summed E-state index contributed by atoms with van der Waals surface area (Å²) in [6, 6.07) is 58.7. The van der Waals surface area contributed by atoms with Crippen molar-refractivity contribution in [2.45, 2.75) is 0 Å². The number of hydrogen-bond acceptors (Lipinski definition) is 0. The molecule has 0 unspecified atom stereocenters. The molecule has 0 aliphatic rings. The molecule has 0 radical (unpaired) electrons. The van der Waals surface area contributed by atoms with E-state index in [9.17, 15) is 0 Å². The topological polar surface area (TPSA) is 0 Å². The Balaban J connectivity index is 1.12. The van der Waals surface area contributed by atoms with Crippen molar-refractivity contribution < 1.29 is 0 Å². The van der Waals surface area contributed by atoms with Crippen molar-refractivity contribution in [3.05, 3.63) is 158 Å².